The topological polar surface area (TPSA) is 106 Å². The summed E-state index contributed by atoms with van der Waals surface area (Å²) in [6.45, 7) is 0. The number of amides is 1. The molecule has 2 aromatic carbocycles. The van der Waals surface area contributed by atoms with E-state index >= 15 is 0 Å². The Morgan fingerprint density at radius 2 is 1.82 bits per heavy atom. The number of nitrogens with one attached hydrogen (secondary N) is 2. The van der Waals surface area contributed by atoms with Crippen molar-refractivity contribution in [3.05, 3.63) is 76.9 Å². The average Bonchev–Trinajstić information content (AvgIpc) is 3.50. The van der Waals surface area contributed by atoms with Gasteiger partial charge < -0.3 is 0 Å². The van der Waals surface area contributed by atoms with Crippen LogP contribution in [0, 0.1) is 0 Å². The highest BCUT2D eigenvalue weighted by Gasteiger charge is 2.27. The van der Waals surface area contributed by atoms with Gasteiger partial charge in [0, 0.05) is 27.9 Å². The van der Waals surface area contributed by atoms with Gasteiger partial charge in [0.2, 0.25) is 10.0 Å². The van der Waals surface area contributed by atoms with Crippen LogP contribution in [-0.2, 0) is 22.9 Å². The molecule has 1 amide bonds. The number of carbonyl (C=O) groups excluding carboxylic acids is 1. The van der Waals surface area contributed by atoms with Crippen LogP contribution < -0.4 is 10.0 Å². The molecule has 0 atom stereocenters. The zero-order valence-electron chi connectivity index (χ0n) is 17.8. The van der Waals surface area contributed by atoms with Crippen molar-refractivity contribution in [2.75, 3.05) is 16.3 Å². The van der Waals surface area contributed by atoms with Crippen LogP contribution in [0.4, 0.5) is 10.8 Å². The van der Waals surface area contributed by atoms with Crippen LogP contribution in [0.5, 0.6) is 0 Å². The third-order valence-electron chi connectivity index (χ3n) is 5.35. The largest absolute Gasteiger partial charge is 0.296 e. The Hall–Kier alpha value is -3.50. The van der Waals surface area contributed by atoms with Crippen LogP contribution >= 0.6 is 11.3 Å². The van der Waals surface area contributed by atoms with Gasteiger partial charge >= 0.3 is 0 Å². The van der Waals surface area contributed by atoms with Crippen molar-refractivity contribution in [1.82, 2.24) is 14.8 Å². The van der Waals surface area contributed by atoms with E-state index in [-0.39, 0.29) is 5.91 Å². The van der Waals surface area contributed by atoms with Crippen LogP contribution in [0.1, 0.15) is 28.2 Å². The predicted octanol–water partition coefficient (Wildman–Crippen LogP) is 4.11. The number of anilines is 2. The maximum absolute atomic E-state index is 13.1. The van der Waals surface area contributed by atoms with Gasteiger partial charge in [0.05, 0.1) is 17.6 Å². The number of carbonyl (C=O) groups is 1. The van der Waals surface area contributed by atoms with Gasteiger partial charge in [-0.1, -0.05) is 30.3 Å². The molecule has 1 aliphatic carbocycles. The van der Waals surface area contributed by atoms with E-state index in [2.05, 4.69) is 20.1 Å². The van der Waals surface area contributed by atoms with Crippen molar-refractivity contribution in [2.24, 2.45) is 0 Å². The van der Waals surface area contributed by atoms with Gasteiger partial charge in [0.25, 0.3) is 5.91 Å². The number of sulfonamides is 1. The Labute approximate surface area is 195 Å². The van der Waals surface area contributed by atoms with E-state index in [1.165, 1.54) is 11.3 Å². The molecule has 5 rings (SSSR count). The van der Waals surface area contributed by atoms with E-state index in [9.17, 15) is 13.2 Å². The molecule has 0 spiro atoms. The minimum atomic E-state index is -3.33. The molecule has 0 saturated heterocycles. The highest BCUT2D eigenvalue weighted by Crippen LogP contribution is 2.30. The molecule has 0 fully saturated rings. The third kappa shape index (κ3) is 4.53. The molecule has 10 heteroatoms. The summed E-state index contributed by atoms with van der Waals surface area (Å²) in [5.41, 5.74) is 5.48. The van der Waals surface area contributed by atoms with Crippen LogP contribution in [0.2, 0.25) is 0 Å². The number of para-hydroxylation sites is 1. The Bertz CT molecular complexity index is 1420. The standard InChI is InChI=1S/C23H21N5O3S2/c1-33(30,31)27-16-12-10-15(11-13-16)19-14-32-23(24-19)25-22(29)21-18-8-5-9-20(18)28(26-21)17-6-3-2-4-7-17/h2-4,6-7,10-14,27H,5,8-9H2,1H3,(H,24,25,29). The second-order valence-corrected chi connectivity index (χ2v) is 10.4. The number of thiazole rings is 1. The van der Waals surface area contributed by atoms with Gasteiger partial charge in [-0.05, 0) is 43.5 Å². The summed E-state index contributed by atoms with van der Waals surface area (Å²) in [6, 6.07) is 16.7. The molecule has 0 bridgehead atoms. The fourth-order valence-electron chi connectivity index (χ4n) is 3.95. The zero-order chi connectivity index (χ0) is 23.0. The summed E-state index contributed by atoms with van der Waals surface area (Å²) in [5, 5.41) is 9.84. The summed E-state index contributed by atoms with van der Waals surface area (Å²) < 4.78 is 27.0. The van der Waals surface area contributed by atoms with E-state index in [4.69, 9.17) is 0 Å². The van der Waals surface area contributed by atoms with Crippen molar-refractivity contribution in [2.45, 2.75) is 19.3 Å². The highest BCUT2D eigenvalue weighted by atomic mass is 32.2. The SMILES string of the molecule is CS(=O)(=O)Nc1ccc(-c2csc(NC(=O)c3nn(-c4ccccc4)c4c3CCC4)n2)cc1. The first-order valence-corrected chi connectivity index (χ1v) is 13.2. The van der Waals surface area contributed by atoms with Gasteiger partial charge in [0.1, 0.15) is 0 Å². The van der Waals surface area contributed by atoms with Crippen molar-refractivity contribution < 1.29 is 13.2 Å². The van der Waals surface area contributed by atoms with Gasteiger partial charge in [0.15, 0.2) is 10.8 Å². The molecule has 0 saturated carbocycles. The van der Waals surface area contributed by atoms with Crippen LogP contribution in [0.25, 0.3) is 16.9 Å². The third-order valence-corrected chi connectivity index (χ3v) is 6.72. The summed E-state index contributed by atoms with van der Waals surface area (Å²) in [5.74, 6) is -0.267. The summed E-state index contributed by atoms with van der Waals surface area (Å²) in [7, 11) is -3.33. The second-order valence-electron chi connectivity index (χ2n) is 7.82. The summed E-state index contributed by atoms with van der Waals surface area (Å²) >= 11 is 1.33. The van der Waals surface area contributed by atoms with Gasteiger partial charge in [-0.25, -0.2) is 18.1 Å². The molecule has 0 radical (unpaired) electrons. The smallest absolute Gasteiger partial charge is 0.278 e. The zero-order valence-corrected chi connectivity index (χ0v) is 19.4. The molecular formula is C23H21N5O3S2. The fraction of sp³-hybridized carbons (Fsp3) is 0.174. The Morgan fingerprint density at radius 3 is 2.55 bits per heavy atom. The molecular weight excluding hydrogens is 458 g/mol. The molecule has 8 nitrogen and oxygen atoms in total. The number of hydrogen-bond donors (Lipinski definition) is 2. The quantitative estimate of drug-likeness (QED) is 0.433. The van der Waals surface area contributed by atoms with E-state index in [1.54, 1.807) is 24.3 Å². The van der Waals surface area contributed by atoms with Crippen molar-refractivity contribution in [3.8, 4) is 16.9 Å². The highest BCUT2D eigenvalue weighted by molar-refractivity contribution is 7.92. The van der Waals surface area contributed by atoms with Gasteiger partial charge in [-0.2, -0.15) is 5.10 Å². The first kappa shape index (κ1) is 21.4. The first-order valence-electron chi connectivity index (χ1n) is 10.4. The lowest BCUT2D eigenvalue weighted by Gasteiger charge is -2.04. The van der Waals surface area contributed by atoms with E-state index < -0.39 is 10.0 Å². The molecule has 4 aromatic rings. The number of rotatable bonds is 6. The van der Waals surface area contributed by atoms with E-state index in [0.717, 1.165) is 48.0 Å². The lowest BCUT2D eigenvalue weighted by Crippen LogP contribution is -2.14. The molecule has 168 valence electrons. The molecule has 2 heterocycles. The first-order chi connectivity index (χ1) is 15.9. The van der Waals surface area contributed by atoms with Crippen molar-refractivity contribution in [3.63, 3.8) is 0 Å². The number of fused-ring (bicyclic) bond motifs is 1. The van der Waals surface area contributed by atoms with Crippen LogP contribution in [0.3, 0.4) is 0 Å². The Kier molecular flexibility index (Phi) is 5.47. The van der Waals surface area contributed by atoms with Crippen LogP contribution in [-0.4, -0.2) is 35.3 Å². The number of nitrogens with zero attached hydrogens (tertiary/aromatic N) is 3. The predicted molar refractivity (Wildman–Crippen MR) is 130 cm³/mol. The van der Waals surface area contributed by atoms with E-state index in [1.807, 2.05) is 40.4 Å². The number of aromatic nitrogens is 3. The minimum absolute atomic E-state index is 0.267. The van der Waals surface area contributed by atoms with Crippen molar-refractivity contribution in [1.29, 1.82) is 0 Å². The second kappa shape index (κ2) is 8.45. The van der Waals surface area contributed by atoms with Crippen molar-refractivity contribution >= 4 is 38.1 Å². The average molecular weight is 480 g/mol. The molecule has 0 unspecified atom stereocenters. The lowest BCUT2D eigenvalue weighted by atomic mass is 10.1. The maximum Gasteiger partial charge on any atom is 0.278 e. The van der Waals surface area contributed by atoms with Gasteiger partial charge in [-0.15, -0.1) is 11.3 Å². The Morgan fingerprint density at radius 1 is 1.06 bits per heavy atom. The van der Waals surface area contributed by atoms with E-state index in [0.29, 0.717) is 22.2 Å². The summed E-state index contributed by atoms with van der Waals surface area (Å²) in [4.78, 5) is 17.6. The number of hydrogen-bond acceptors (Lipinski definition) is 6. The molecule has 2 aromatic heterocycles. The summed E-state index contributed by atoms with van der Waals surface area (Å²) in [6.07, 6.45) is 3.85. The maximum atomic E-state index is 13.1. The van der Waals surface area contributed by atoms with Gasteiger partial charge in [-0.3, -0.25) is 14.8 Å². The Balaban J connectivity index is 1.35. The molecule has 33 heavy (non-hydrogen) atoms. The normalized spacial score (nSPS) is 13.0. The molecule has 1 aliphatic rings. The number of benzene rings is 2. The monoisotopic (exact) mass is 479 g/mol. The minimum Gasteiger partial charge on any atom is -0.296 e. The van der Waals surface area contributed by atoms with Crippen LogP contribution in [0.15, 0.2) is 60.0 Å². The molecule has 2 N–H and O–H groups in total. The molecule has 0 aliphatic heterocycles. The fourth-order valence-corrected chi connectivity index (χ4v) is 5.22. The lowest BCUT2D eigenvalue weighted by molar-refractivity contribution is 0.102.